The van der Waals surface area contributed by atoms with Gasteiger partial charge in [0.1, 0.15) is 11.6 Å². The van der Waals surface area contributed by atoms with Crippen LogP contribution in [0.1, 0.15) is 19.2 Å². The van der Waals surface area contributed by atoms with E-state index in [0.29, 0.717) is 68.7 Å². The van der Waals surface area contributed by atoms with Gasteiger partial charge in [0, 0.05) is 32.2 Å². The number of ether oxygens (including phenoxy) is 2. The number of hydrogen-bond acceptors (Lipinski definition) is 7. The molecule has 1 aromatic carbocycles. The maximum absolute atomic E-state index is 13.9. The Hall–Kier alpha value is -2.85. The Kier molecular flexibility index (Phi) is 5.41. The van der Waals surface area contributed by atoms with Crippen molar-refractivity contribution in [3.8, 4) is 5.95 Å². The minimum atomic E-state index is -2.75. The molecule has 2 aliphatic heterocycles. The molecule has 2 aromatic heterocycles. The second-order valence-corrected chi connectivity index (χ2v) is 7.71. The molecule has 0 N–H and O–H groups in total. The molecule has 8 nitrogen and oxygen atoms in total. The van der Waals surface area contributed by atoms with Crippen molar-refractivity contribution >= 4 is 22.7 Å². The standard InChI is InChI=1S/C21H24F2N6O2/c1-14-13-28(8-11-31-14)18-12-17(27-6-9-30-10-7-27)25-21(26-18)29-16-5-3-2-4-15(16)24-20(29)19(22)23/h2-5,12,14,19H,6-11,13H2,1H3. The van der Waals surface area contributed by atoms with Crippen LogP contribution in [0.5, 0.6) is 0 Å². The molecule has 164 valence electrons. The lowest BCUT2D eigenvalue weighted by Crippen LogP contribution is -2.42. The van der Waals surface area contributed by atoms with Crippen molar-refractivity contribution in [1.82, 2.24) is 19.5 Å². The Morgan fingerprint density at radius 2 is 1.68 bits per heavy atom. The van der Waals surface area contributed by atoms with Gasteiger partial charge >= 0.3 is 0 Å². The van der Waals surface area contributed by atoms with Crippen LogP contribution >= 0.6 is 0 Å². The first kappa shape index (κ1) is 20.1. The highest BCUT2D eigenvalue weighted by Gasteiger charge is 2.26. The van der Waals surface area contributed by atoms with Gasteiger partial charge in [-0.3, -0.25) is 4.57 Å². The average molecular weight is 430 g/mol. The summed E-state index contributed by atoms with van der Waals surface area (Å²) < 4.78 is 40.3. The van der Waals surface area contributed by atoms with Gasteiger partial charge in [0.2, 0.25) is 5.95 Å². The monoisotopic (exact) mass is 430 g/mol. The van der Waals surface area contributed by atoms with Crippen LogP contribution in [0.3, 0.4) is 0 Å². The van der Waals surface area contributed by atoms with E-state index in [-0.39, 0.29) is 17.9 Å². The smallest absolute Gasteiger partial charge is 0.296 e. The largest absolute Gasteiger partial charge is 0.378 e. The molecule has 0 bridgehead atoms. The highest BCUT2D eigenvalue weighted by Crippen LogP contribution is 2.29. The number of anilines is 2. The second-order valence-electron chi connectivity index (χ2n) is 7.71. The van der Waals surface area contributed by atoms with Crippen molar-refractivity contribution in [1.29, 1.82) is 0 Å². The molecule has 0 spiro atoms. The summed E-state index contributed by atoms with van der Waals surface area (Å²) in [4.78, 5) is 17.8. The zero-order valence-corrected chi connectivity index (χ0v) is 17.2. The zero-order valence-electron chi connectivity index (χ0n) is 17.2. The molecule has 5 rings (SSSR count). The van der Waals surface area contributed by atoms with E-state index in [4.69, 9.17) is 19.4 Å². The number of aromatic nitrogens is 4. The second kappa shape index (κ2) is 8.35. The molecule has 2 saturated heterocycles. The summed E-state index contributed by atoms with van der Waals surface area (Å²) in [6, 6.07) is 8.98. The molecule has 4 heterocycles. The lowest BCUT2D eigenvalue weighted by Gasteiger charge is -2.33. The molecule has 2 fully saturated rings. The number of imidazole rings is 1. The molecule has 0 amide bonds. The Morgan fingerprint density at radius 3 is 2.42 bits per heavy atom. The van der Waals surface area contributed by atoms with E-state index < -0.39 is 6.43 Å². The first-order chi connectivity index (χ1) is 15.1. The fourth-order valence-electron chi connectivity index (χ4n) is 4.05. The van der Waals surface area contributed by atoms with Crippen LogP contribution in [0.15, 0.2) is 30.3 Å². The van der Waals surface area contributed by atoms with Gasteiger partial charge in [-0.2, -0.15) is 9.97 Å². The fourth-order valence-corrected chi connectivity index (χ4v) is 4.05. The van der Waals surface area contributed by atoms with Crippen molar-refractivity contribution in [2.24, 2.45) is 0 Å². The van der Waals surface area contributed by atoms with E-state index in [2.05, 4.69) is 14.8 Å². The fraction of sp³-hybridized carbons (Fsp3) is 0.476. The van der Waals surface area contributed by atoms with Gasteiger partial charge in [0.05, 0.1) is 37.0 Å². The van der Waals surface area contributed by atoms with Gasteiger partial charge in [-0.05, 0) is 19.1 Å². The summed E-state index contributed by atoms with van der Waals surface area (Å²) in [5.41, 5.74) is 1.04. The molecule has 0 radical (unpaired) electrons. The number of para-hydroxylation sites is 2. The summed E-state index contributed by atoms with van der Waals surface area (Å²) in [5.74, 6) is 1.23. The van der Waals surface area contributed by atoms with E-state index in [1.807, 2.05) is 13.0 Å². The van der Waals surface area contributed by atoms with Crippen molar-refractivity contribution in [3.63, 3.8) is 0 Å². The molecule has 31 heavy (non-hydrogen) atoms. The molecular formula is C21H24F2N6O2. The minimum Gasteiger partial charge on any atom is -0.378 e. The van der Waals surface area contributed by atoms with Gasteiger partial charge in [0.25, 0.3) is 6.43 Å². The van der Waals surface area contributed by atoms with Gasteiger partial charge in [-0.1, -0.05) is 12.1 Å². The number of hydrogen-bond donors (Lipinski definition) is 0. The summed E-state index contributed by atoms with van der Waals surface area (Å²) in [5, 5.41) is 0. The molecule has 0 saturated carbocycles. The van der Waals surface area contributed by atoms with Crippen LogP contribution in [-0.4, -0.2) is 71.6 Å². The number of rotatable bonds is 4. The molecule has 1 atom stereocenters. The average Bonchev–Trinajstić information content (AvgIpc) is 3.19. The maximum atomic E-state index is 13.9. The van der Waals surface area contributed by atoms with Crippen LogP contribution in [0.25, 0.3) is 17.0 Å². The third-order valence-corrected chi connectivity index (χ3v) is 5.57. The predicted molar refractivity (Wildman–Crippen MR) is 112 cm³/mol. The predicted octanol–water partition coefficient (Wildman–Crippen LogP) is 2.81. The van der Waals surface area contributed by atoms with E-state index in [9.17, 15) is 8.78 Å². The third-order valence-electron chi connectivity index (χ3n) is 5.57. The Bertz CT molecular complexity index is 1070. The van der Waals surface area contributed by atoms with Crippen molar-refractivity contribution < 1.29 is 18.3 Å². The SMILES string of the molecule is CC1CN(c2cc(N3CCOCC3)nc(-n3c(C(F)F)nc4ccccc43)n2)CCO1. The van der Waals surface area contributed by atoms with Crippen LogP contribution in [0.4, 0.5) is 20.4 Å². The van der Waals surface area contributed by atoms with Crippen LogP contribution in [0.2, 0.25) is 0 Å². The molecule has 1 unspecified atom stereocenters. The van der Waals surface area contributed by atoms with Crippen molar-refractivity contribution in [3.05, 3.63) is 36.2 Å². The number of alkyl halides is 2. The number of nitrogens with zero attached hydrogens (tertiary/aromatic N) is 6. The topological polar surface area (TPSA) is 68.5 Å². The molecule has 0 aliphatic carbocycles. The van der Waals surface area contributed by atoms with Crippen molar-refractivity contribution in [2.45, 2.75) is 19.5 Å². The Morgan fingerprint density at radius 1 is 0.968 bits per heavy atom. The summed E-state index contributed by atoms with van der Waals surface area (Å²) in [6.07, 6.45) is -2.69. The third kappa shape index (κ3) is 3.92. The quantitative estimate of drug-likeness (QED) is 0.631. The lowest BCUT2D eigenvalue weighted by molar-refractivity contribution is 0.0529. The van der Waals surface area contributed by atoms with Crippen molar-refractivity contribution in [2.75, 3.05) is 55.8 Å². The summed E-state index contributed by atoms with van der Waals surface area (Å²) in [6.45, 7) is 6.50. The van der Waals surface area contributed by atoms with E-state index in [0.717, 1.165) is 0 Å². The zero-order chi connectivity index (χ0) is 21.4. The summed E-state index contributed by atoms with van der Waals surface area (Å²) in [7, 11) is 0. The van der Waals surface area contributed by atoms with E-state index in [1.54, 1.807) is 24.3 Å². The van der Waals surface area contributed by atoms with Crippen LogP contribution in [0, 0.1) is 0 Å². The Labute approximate surface area is 178 Å². The highest BCUT2D eigenvalue weighted by atomic mass is 19.3. The van der Waals surface area contributed by atoms with E-state index in [1.165, 1.54) is 4.57 Å². The molecule has 10 heteroatoms. The minimum absolute atomic E-state index is 0.0599. The van der Waals surface area contributed by atoms with Gasteiger partial charge in [-0.25, -0.2) is 13.8 Å². The maximum Gasteiger partial charge on any atom is 0.296 e. The van der Waals surface area contributed by atoms with Gasteiger partial charge in [-0.15, -0.1) is 0 Å². The van der Waals surface area contributed by atoms with Crippen LogP contribution < -0.4 is 9.80 Å². The highest BCUT2D eigenvalue weighted by molar-refractivity contribution is 5.78. The first-order valence-electron chi connectivity index (χ1n) is 10.4. The molecular weight excluding hydrogens is 406 g/mol. The van der Waals surface area contributed by atoms with Crippen LogP contribution in [-0.2, 0) is 9.47 Å². The normalized spacial score (nSPS) is 20.1. The lowest BCUT2D eigenvalue weighted by atomic mass is 10.3. The molecule has 2 aliphatic rings. The first-order valence-corrected chi connectivity index (χ1v) is 10.4. The van der Waals surface area contributed by atoms with Gasteiger partial charge < -0.3 is 19.3 Å². The number of halogens is 2. The number of morpholine rings is 2. The number of benzene rings is 1. The van der Waals surface area contributed by atoms with E-state index >= 15 is 0 Å². The van der Waals surface area contributed by atoms with Gasteiger partial charge in [0.15, 0.2) is 5.82 Å². The molecule has 3 aromatic rings. The Balaban J connectivity index is 1.67. The number of fused-ring (bicyclic) bond motifs is 1. The summed E-state index contributed by atoms with van der Waals surface area (Å²) >= 11 is 0.